The van der Waals surface area contributed by atoms with Crippen molar-refractivity contribution in [3.8, 4) is 0 Å². The molecule has 0 radical (unpaired) electrons. The zero-order chi connectivity index (χ0) is 20.7. The summed E-state index contributed by atoms with van der Waals surface area (Å²) >= 11 is 0. The van der Waals surface area contributed by atoms with Gasteiger partial charge in [0.1, 0.15) is 6.10 Å². The lowest BCUT2D eigenvalue weighted by Gasteiger charge is -2.16. The molecule has 0 aliphatic carbocycles. The predicted octanol–water partition coefficient (Wildman–Crippen LogP) is 8.70. The molecule has 0 saturated carbocycles. The van der Waals surface area contributed by atoms with Crippen molar-refractivity contribution in [2.75, 3.05) is 0 Å². The number of esters is 1. The van der Waals surface area contributed by atoms with E-state index in [1.807, 2.05) is 0 Å². The molecule has 0 aromatic carbocycles. The number of rotatable bonds is 20. The van der Waals surface area contributed by atoms with Crippen molar-refractivity contribution in [3.63, 3.8) is 0 Å². The second-order valence-electron chi connectivity index (χ2n) is 8.00. The fraction of sp³-hybridized carbons (Fsp3) is 0.808. The summed E-state index contributed by atoms with van der Waals surface area (Å²) in [5.74, 6) is 0.00836. The molecule has 0 N–H and O–H groups in total. The molecule has 0 rings (SSSR count). The standard InChI is InChI=1S/C26H48O2/c1-4-7-9-10-11-12-13-14-15-16-17-18-19-20-22-24-26(27)28-25(6-3)23-21-8-5-2/h11-12,14-15,25H,4-10,13,16-24H2,1-3H3. The van der Waals surface area contributed by atoms with Crippen LogP contribution < -0.4 is 0 Å². The van der Waals surface area contributed by atoms with E-state index in [2.05, 4.69) is 45.1 Å². The normalized spacial score (nSPS) is 12.8. The maximum absolute atomic E-state index is 11.9. The molecule has 0 saturated heterocycles. The van der Waals surface area contributed by atoms with Crippen LogP contribution >= 0.6 is 0 Å². The number of carbonyl (C=O) groups excluding carboxylic acids is 1. The zero-order valence-corrected chi connectivity index (χ0v) is 19.2. The molecular formula is C26H48O2. The summed E-state index contributed by atoms with van der Waals surface area (Å²) in [6.07, 6.45) is 28.9. The van der Waals surface area contributed by atoms with Gasteiger partial charge in [-0.25, -0.2) is 0 Å². The molecule has 0 heterocycles. The van der Waals surface area contributed by atoms with Crippen LogP contribution in [0.3, 0.4) is 0 Å². The molecule has 28 heavy (non-hydrogen) atoms. The van der Waals surface area contributed by atoms with Crippen molar-refractivity contribution in [3.05, 3.63) is 24.3 Å². The second kappa shape index (κ2) is 22.2. The Morgan fingerprint density at radius 2 is 1.29 bits per heavy atom. The molecular weight excluding hydrogens is 344 g/mol. The van der Waals surface area contributed by atoms with Crippen LogP contribution in [0.15, 0.2) is 24.3 Å². The smallest absolute Gasteiger partial charge is 0.306 e. The van der Waals surface area contributed by atoms with Gasteiger partial charge in [-0.1, -0.05) is 90.0 Å². The summed E-state index contributed by atoms with van der Waals surface area (Å²) in [7, 11) is 0. The summed E-state index contributed by atoms with van der Waals surface area (Å²) in [5.41, 5.74) is 0. The molecule has 2 nitrogen and oxygen atoms in total. The Hall–Kier alpha value is -1.05. The molecule has 1 unspecified atom stereocenters. The lowest BCUT2D eigenvalue weighted by Crippen LogP contribution is -2.17. The molecule has 164 valence electrons. The van der Waals surface area contributed by atoms with Crippen LogP contribution in [-0.4, -0.2) is 12.1 Å². The summed E-state index contributed by atoms with van der Waals surface area (Å²) in [4.78, 5) is 11.9. The Morgan fingerprint density at radius 1 is 0.714 bits per heavy atom. The number of hydrogen-bond donors (Lipinski definition) is 0. The van der Waals surface area contributed by atoms with Gasteiger partial charge < -0.3 is 4.74 Å². The van der Waals surface area contributed by atoms with Gasteiger partial charge in [0.05, 0.1) is 0 Å². The van der Waals surface area contributed by atoms with E-state index in [0.29, 0.717) is 6.42 Å². The third kappa shape index (κ3) is 19.7. The Kier molecular flexibility index (Phi) is 21.4. The van der Waals surface area contributed by atoms with E-state index in [0.717, 1.165) is 32.1 Å². The first-order chi connectivity index (χ1) is 13.7. The van der Waals surface area contributed by atoms with Gasteiger partial charge in [0.25, 0.3) is 0 Å². The summed E-state index contributed by atoms with van der Waals surface area (Å²) in [6.45, 7) is 6.57. The molecule has 1 atom stereocenters. The van der Waals surface area contributed by atoms with Crippen molar-refractivity contribution in [2.24, 2.45) is 0 Å². The van der Waals surface area contributed by atoms with E-state index in [9.17, 15) is 4.79 Å². The quantitative estimate of drug-likeness (QED) is 0.118. The number of hydrogen-bond acceptors (Lipinski definition) is 2. The van der Waals surface area contributed by atoms with Gasteiger partial charge in [-0.15, -0.1) is 0 Å². The summed E-state index contributed by atoms with van der Waals surface area (Å²) < 4.78 is 5.61. The Morgan fingerprint density at radius 3 is 1.93 bits per heavy atom. The van der Waals surface area contributed by atoms with Gasteiger partial charge >= 0.3 is 5.97 Å². The molecule has 0 bridgehead atoms. The molecule has 2 heteroatoms. The zero-order valence-electron chi connectivity index (χ0n) is 19.2. The van der Waals surface area contributed by atoms with Gasteiger partial charge in [-0.2, -0.15) is 0 Å². The van der Waals surface area contributed by atoms with Gasteiger partial charge in [0, 0.05) is 6.42 Å². The topological polar surface area (TPSA) is 26.3 Å². The average Bonchev–Trinajstić information content (AvgIpc) is 2.70. The Labute approximate surface area is 176 Å². The highest BCUT2D eigenvalue weighted by Gasteiger charge is 2.11. The minimum Gasteiger partial charge on any atom is -0.462 e. The molecule has 0 aliphatic rings. The maximum atomic E-state index is 11.9. The van der Waals surface area contributed by atoms with E-state index in [-0.39, 0.29) is 12.1 Å². The second-order valence-corrected chi connectivity index (χ2v) is 8.00. The van der Waals surface area contributed by atoms with Crippen LogP contribution in [-0.2, 0) is 9.53 Å². The molecule has 0 amide bonds. The van der Waals surface area contributed by atoms with Crippen molar-refractivity contribution in [1.29, 1.82) is 0 Å². The fourth-order valence-electron chi connectivity index (χ4n) is 3.29. The lowest BCUT2D eigenvalue weighted by atomic mass is 10.1. The van der Waals surface area contributed by atoms with Gasteiger partial charge in [0.2, 0.25) is 0 Å². The van der Waals surface area contributed by atoms with Crippen LogP contribution in [0.2, 0.25) is 0 Å². The number of ether oxygens (including phenoxy) is 1. The Bertz CT molecular complexity index is 384. The SMILES string of the molecule is CCCCCC=CCC=CCCCCCCCC(=O)OC(CC)CCCCC. The van der Waals surface area contributed by atoms with Crippen molar-refractivity contribution in [1.82, 2.24) is 0 Å². The minimum atomic E-state index is 0.00836. The highest BCUT2D eigenvalue weighted by Crippen LogP contribution is 2.13. The largest absolute Gasteiger partial charge is 0.462 e. The van der Waals surface area contributed by atoms with E-state index in [1.54, 1.807) is 0 Å². The monoisotopic (exact) mass is 392 g/mol. The lowest BCUT2D eigenvalue weighted by molar-refractivity contribution is -0.149. The number of carbonyl (C=O) groups is 1. The van der Waals surface area contributed by atoms with Crippen molar-refractivity contribution < 1.29 is 9.53 Å². The summed E-state index contributed by atoms with van der Waals surface area (Å²) in [6, 6.07) is 0. The van der Waals surface area contributed by atoms with Gasteiger partial charge in [-0.3, -0.25) is 4.79 Å². The Balaban J connectivity index is 3.46. The van der Waals surface area contributed by atoms with Crippen LogP contribution in [0.25, 0.3) is 0 Å². The molecule has 0 spiro atoms. The van der Waals surface area contributed by atoms with Crippen LogP contribution in [0.4, 0.5) is 0 Å². The van der Waals surface area contributed by atoms with Crippen molar-refractivity contribution in [2.45, 2.75) is 136 Å². The first kappa shape index (κ1) is 27.0. The third-order valence-electron chi connectivity index (χ3n) is 5.21. The number of allylic oxidation sites excluding steroid dienone is 4. The molecule has 0 fully saturated rings. The van der Waals surface area contributed by atoms with E-state index in [1.165, 1.54) is 70.6 Å². The molecule has 0 aromatic rings. The van der Waals surface area contributed by atoms with Gasteiger partial charge in [0.15, 0.2) is 0 Å². The van der Waals surface area contributed by atoms with E-state index >= 15 is 0 Å². The first-order valence-corrected chi connectivity index (χ1v) is 12.2. The molecule has 0 aliphatic heterocycles. The van der Waals surface area contributed by atoms with Crippen LogP contribution in [0, 0.1) is 0 Å². The summed E-state index contributed by atoms with van der Waals surface area (Å²) in [5, 5.41) is 0. The maximum Gasteiger partial charge on any atom is 0.306 e. The molecule has 0 aromatic heterocycles. The minimum absolute atomic E-state index is 0.00836. The van der Waals surface area contributed by atoms with Crippen LogP contribution in [0.5, 0.6) is 0 Å². The highest BCUT2D eigenvalue weighted by atomic mass is 16.5. The van der Waals surface area contributed by atoms with Gasteiger partial charge in [-0.05, 0) is 57.8 Å². The van der Waals surface area contributed by atoms with E-state index < -0.39 is 0 Å². The average molecular weight is 393 g/mol. The third-order valence-corrected chi connectivity index (χ3v) is 5.21. The predicted molar refractivity (Wildman–Crippen MR) is 124 cm³/mol. The fourth-order valence-corrected chi connectivity index (χ4v) is 3.29. The number of unbranched alkanes of at least 4 members (excludes halogenated alkanes) is 10. The first-order valence-electron chi connectivity index (χ1n) is 12.2. The van der Waals surface area contributed by atoms with E-state index in [4.69, 9.17) is 4.74 Å². The van der Waals surface area contributed by atoms with Crippen LogP contribution in [0.1, 0.15) is 130 Å². The van der Waals surface area contributed by atoms with Crippen molar-refractivity contribution >= 4 is 5.97 Å². The highest BCUT2D eigenvalue weighted by molar-refractivity contribution is 5.69.